The van der Waals surface area contributed by atoms with Gasteiger partial charge in [0.15, 0.2) is 11.6 Å². The number of fused-ring (bicyclic) bond motifs is 2. The first-order valence-corrected chi connectivity index (χ1v) is 19.7. The van der Waals surface area contributed by atoms with E-state index in [-0.39, 0.29) is 0 Å². The van der Waals surface area contributed by atoms with Crippen LogP contribution in [0.1, 0.15) is 0 Å². The van der Waals surface area contributed by atoms with Gasteiger partial charge in [-0.1, -0.05) is 140 Å². The maximum atomic E-state index is 5.36. The monoisotopic (exact) mass is 737 g/mol. The molecule has 268 valence electrons. The second kappa shape index (κ2) is 11.8. The second-order valence-corrected chi connectivity index (χ2v) is 15.2. The minimum Gasteiger partial charge on any atom is -0.309 e. The van der Waals surface area contributed by atoms with E-state index in [2.05, 4.69) is 179 Å². The van der Waals surface area contributed by atoms with Gasteiger partial charge in [-0.3, -0.25) is 4.57 Å². The molecule has 1 aliphatic rings. The molecule has 0 N–H and O–H groups in total. The molecule has 13 rings (SSSR count). The summed E-state index contributed by atoms with van der Waals surface area (Å²) in [5, 5.41) is 9.91. The summed E-state index contributed by atoms with van der Waals surface area (Å²) in [4.78, 5) is 15.8. The van der Waals surface area contributed by atoms with Gasteiger partial charge in [0.25, 0.3) is 0 Å². The maximum absolute atomic E-state index is 5.36. The van der Waals surface area contributed by atoms with E-state index in [1.807, 2.05) is 18.2 Å². The average Bonchev–Trinajstić information content (AvgIpc) is 3.78. The Hall–Kier alpha value is -7.89. The van der Waals surface area contributed by atoms with Crippen molar-refractivity contribution in [3.05, 3.63) is 188 Å². The van der Waals surface area contributed by atoms with Gasteiger partial charge < -0.3 is 4.57 Å². The Kier molecular flexibility index (Phi) is 6.38. The first-order valence-electron chi connectivity index (χ1n) is 19.7. The Morgan fingerprint density at radius 2 is 0.828 bits per heavy atom. The molecule has 5 nitrogen and oxygen atoms in total. The Balaban J connectivity index is 1.10. The van der Waals surface area contributed by atoms with E-state index >= 15 is 0 Å². The van der Waals surface area contributed by atoms with Gasteiger partial charge >= 0.3 is 0 Å². The van der Waals surface area contributed by atoms with Crippen LogP contribution < -0.4 is 0 Å². The SMILES string of the molecule is c1ccc(-c2nc(-c3cccc(-c4ccc5ccccc5c4)c3)nc(-n3c4cccc5c4c4c6c(ccc7c6c6c-5cccc6n7-c5ccccc5)ccc43)n2)cc1. The Morgan fingerprint density at radius 1 is 0.293 bits per heavy atom. The third-order valence-electron chi connectivity index (χ3n) is 12.1. The molecule has 1 aliphatic carbocycles. The summed E-state index contributed by atoms with van der Waals surface area (Å²) in [6.07, 6.45) is 0. The molecule has 0 fully saturated rings. The quantitative estimate of drug-likeness (QED) is 0.177. The fourth-order valence-electron chi connectivity index (χ4n) is 9.55. The smallest absolute Gasteiger partial charge is 0.238 e. The molecule has 0 radical (unpaired) electrons. The molecule has 3 aromatic heterocycles. The van der Waals surface area contributed by atoms with Gasteiger partial charge in [0.1, 0.15) is 0 Å². The molecule has 58 heavy (non-hydrogen) atoms. The lowest BCUT2D eigenvalue weighted by Gasteiger charge is -2.12. The Morgan fingerprint density at radius 3 is 1.57 bits per heavy atom. The summed E-state index contributed by atoms with van der Waals surface area (Å²) >= 11 is 0. The Labute approximate surface area is 332 Å². The van der Waals surface area contributed by atoms with Crippen molar-refractivity contribution in [3.63, 3.8) is 0 Å². The molecule has 0 saturated carbocycles. The number of rotatable bonds is 5. The van der Waals surface area contributed by atoms with E-state index in [4.69, 9.17) is 15.0 Å². The van der Waals surface area contributed by atoms with Crippen LogP contribution in [0.25, 0.3) is 122 Å². The summed E-state index contributed by atoms with van der Waals surface area (Å²) in [5.41, 5.74) is 12.3. The van der Waals surface area contributed by atoms with Crippen molar-refractivity contribution in [2.24, 2.45) is 0 Å². The van der Waals surface area contributed by atoms with Crippen molar-refractivity contribution in [1.82, 2.24) is 24.1 Å². The van der Waals surface area contributed by atoms with Crippen LogP contribution in [0.15, 0.2) is 188 Å². The van der Waals surface area contributed by atoms with Gasteiger partial charge in [-0.2, -0.15) is 9.97 Å². The van der Waals surface area contributed by atoms with Crippen molar-refractivity contribution in [3.8, 4) is 56.7 Å². The summed E-state index contributed by atoms with van der Waals surface area (Å²) in [5.74, 6) is 1.84. The first kappa shape index (κ1) is 31.3. The van der Waals surface area contributed by atoms with Crippen LogP contribution in [0.3, 0.4) is 0 Å². The molecule has 0 aliphatic heterocycles. The maximum Gasteiger partial charge on any atom is 0.238 e. The molecule has 0 unspecified atom stereocenters. The molecule has 9 aromatic carbocycles. The minimum atomic E-state index is 0.587. The zero-order valence-corrected chi connectivity index (χ0v) is 31.1. The van der Waals surface area contributed by atoms with E-state index in [0.717, 1.165) is 39.0 Å². The molecular formula is C53H31N5. The highest BCUT2D eigenvalue weighted by atomic mass is 15.2. The van der Waals surface area contributed by atoms with Crippen LogP contribution in [0.4, 0.5) is 0 Å². The van der Waals surface area contributed by atoms with Crippen molar-refractivity contribution >= 4 is 65.2 Å². The summed E-state index contributed by atoms with van der Waals surface area (Å²) < 4.78 is 4.68. The lowest BCUT2D eigenvalue weighted by atomic mass is 9.98. The number of hydrogen-bond donors (Lipinski definition) is 0. The molecule has 12 aromatic rings. The van der Waals surface area contributed by atoms with Crippen LogP contribution in [0.5, 0.6) is 0 Å². The van der Waals surface area contributed by atoms with Crippen molar-refractivity contribution in [2.75, 3.05) is 0 Å². The number of hydrogen-bond acceptors (Lipinski definition) is 3. The van der Waals surface area contributed by atoms with E-state index in [1.54, 1.807) is 0 Å². The van der Waals surface area contributed by atoms with E-state index < -0.39 is 0 Å². The van der Waals surface area contributed by atoms with Crippen molar-refractivity contribution < 1.29 is 0 Å². The molecule has 0 bridgehead atoms. The second-order valence-electron chi connectivity index (χ2n) is 15.2. The molecular weight excluding hydrogens is 707 g/mol. The standard InChI is InChI=1S/C53H31N5/c1-3-13-34(14-4-1)51-54-52(38-17-9-16-36(31-38)37-25-24-32-12-7-8-15-35(32)30-37)56-53(55-51)58-43-23-11-21-41-40-20-10-22-42-47(40)49-44(57(42)39-18-5-2-6-19-39)28-26-33-27-29-45(58)50(46(33)49)48(41)43/h1-31H. The minimum absolute atomic E-state index is 0.587. The molecule has 5 heteroatoms. The van der Waals surface area contributed by atoms with E-state index in [1.165, 1.54) is 65.3 Å². The third-order valence-corrected chi connectivity index (χ3v) is 12.1. The number of para-hydroxylation sites is 1. The van der Waals surface area contributed by atoms with Gasteiger partial charge in [-0.25, -0.2) is 4.98 Å². The van der Waals surface area contributed by atoms with Gasteiger partial charge in [-0.15, -0.1) is 0 Å². The number of benzene rings is 9. The molecule has 0 atom stereocenters. The van der Waals surface area contributed by atoms with Crippen LogP contribution in [0.2, 0.25) is 0 Å². The predicted octanol–water partition coefficient (Wildman–Crippen LogP) is 13.4. The largest absolute Gasteiger partial charge is 0.309 e. The predicted molar refractivity (Wildman–Crippen MR) is 239 cm³/mol. The van der Waals surface area contributed by atoms with E-state index in [0.29, 0.717) is 17.6 Å². The van der Waals surface area contributed by atoms with Gasteiger partial charge in [0, 0.05) is 43.7 Å². The number of nitrogens with zero attached hydrogens (tertiary/aromatic N) is 5. The fraction of sp³-hybridized carbons (Fsp3) is 0. The van der Waals surface area contributed by atoms with Crippen LogP contribution in [-0.4, -0.2) is 24.1 Å². The normalized spacial score (nSPS) is 12.1. The molecule has 0 saturated heterocycles. The zero-order chi connectivity index (χ0) is 37.9. The average molecular weight is 738 g/mol. The van der Waals surface area contributed by atoms with Gasteiger partial charge in [-0.05, 0) is 86.9 Å². The van der Waals surface area contributed by atoms with Gasteiger partial charge in [0.2, 0.25) is 5.95 Å². The first-order chi connectivity index (χ1) is 28.8. The van der Waals surface area contributed by atoms with Crippen LogP contribution >= 0.6 is 0 Å². The number of aromatic nitrogens is 5. The highest BCUT2D eigenvalue weighted by molar-refractivity contribution is 6.38. The topological polar surface area (TPSA) is 48.5 Å². The van der Waals surface area contributed by atoms with Crippen LogP contribution in [0, 0.1) is 0 Å². The molecule has 0 spiro atoms. The summed E-state index contributed by atoms with van der Waals surface area (Å²) in [6.45, 7) is 0. The molecule has 3 heterocycles. The summed E-state index contributed by atoms with van der Waals surface area (Å²) in [6, 6.07) is 67.2. The summed E-state index contributed by atoms with van der Waals surface area (Å²) in [7, 11) is 0. The van der Waals surface area contributed by atoms with E-state index in [9.17, 15) is 0 Å². The highest BCUT2D eigenvalue weighted by Crippen LogP contribution is 2.51. The van der Waals surface area contributed by atoms with Crippen molar-refractivity contribution in [1.29, 1.82) is 0 Å². The molecule has 0 amide bonds. The lowest BCUT2D eigenvalue weighted by molar-refractivity contribution is 0.954. The van der Waals surface area contributed by atoms with Crippen LogP contribution in [-0.2, 0) is 0 Å². The fourth-order valence-corrected chi connectivity index (χ4v) is 9.55. The Bertz CT molecular complexity index is 3670. The lowest BCUT2D eigenvalue weighted by Crippen LogP contribution is -2.06. The highest BCUT2D eigenvalue weighted by Gasteiger charge is 2.28. The van der Waals surface area contributed by atoms with Crippen molar-refractivity contribution in [2.45, 2.75) is 0 Å². The van der Waals surface area contributed by atoms with Gasteiger partial charge in [0.05, 0.1) is 22.1 Å². The third kappa shape index (κ3) is 4.38. The zero-order valence-electron chi connectivity index (χ0n) is 31.1.